The Bertz CT molecular complexity index is 1260. The number of carbonyl (C=O) groups is 2. The molecular formula is C27H29FN2O3. The zero-order chi connectivity index (χ0) is 23.5. The highest BCUT2D eigenvalue weighted by atomic mass is 19.1. The van der Waals surface area contributed by atoms with Crippen LogP contribution in [-0.4, -0.2) is 39.4 Å². The summed E-state index contributed by atoms with van der Waals surface area (Å²) in [6.07, 6.45) is 4.94. The quantitative estimate of drug-likeness (QED) is 0.630. The highest BCUT2D eigenvalue weighted by Gasteiger charge is 2.68. The number of likely N-dealkylation sites (N-methyl/N-ethyl adjacent to an activating group) is 1. The van der Waals surface area contributed by atoms with Crippen molar-refractivity contribution in [3.05, 3.63) is 76.9 Å². The molecule has 0 bridgehead atoms. The molecule has 1 fully saturated rings. The van der Waals surface area contributed by atoms with Crippen molar-refractivity contribution >= 4 is 17.4 Å². The van der Waals surface area contributed by atoms with Crippen LogP contribution in [0.1, 0.15) is 49.1 Å². The van der Waals surface area contributed by atoms with E-state index in [0.29, 0.717) is 6.42 Å². The van der Waals surface area contributed by atoms with Crippen LogP contribution in [0, 0.1) is 11.2 Å². The van der Waals surface area contributed by atoms with Gasteiger partial charge in [0.15, 0.2) is 0 Å². The monoisotopic (exact) mass is 448 g/mol. The third kappa shape index (κ3) is 3.26. The molecule has 1 aromatic carbocycles. The number of halogens is 1. The molecule has 33 heavy (non-hydrogen) atoms. The van der Waals surface area contributed by atoms with Gasteiger partial charge in [-0.05, 0) is 65.6 Å². The number of hydrogen-bond donors (Lipinski definition) is 1. The Kier molecular flexibility index (Phi) is 4.89. The fraction of sp³-hybridized carbons (Fsp3) is 0.407. The van der Waals surface area contributed by atoms with Crippen molar-refractivity contribution < 1.29 is 19.1 Å². The van der Waals surface area contributed by atoms with E-state index >= 15 is 0 Å². The number of carboxylic acids is 1. The first-order chi connectivity index (χ1) is 15.7. The first-order valence-corrected chi connectivity index (χ1v) is 11.5. The summed E-state index contributed by atoms with van der Waals surface area (Å²) >= 11 is 0. The van der Waals surface area contributed by atoms with Gasteiger partial charge >= 0.3 is 5.97 Å². The standard InChI is InChI=1S/C27H29FN2O3/c1-26(2)16-27(26,17-7-9-18(28)10-8-17)25(33)29(3)19-11-12-20-21(15-24(31)32)22-6-4-5-13-30(22)23(20)14-19/h4-10,13,19H,11-12,14-16H2,1-3H3,(H,31,32)/t19-,27?/m1/s1. The molecule has 6 heteroatoms. The van der Waals surface area contributed by atoms with E-state index in [4.69, 9.17) is 0 Å². The van der Waals surface area contributed by atoms with Gasteiger partial charge in [0, 0.05) is 36.9 Å². The maximum Gasteiger partial charge on any atom is 0.307 e. The Labute approximate surface area is 192 Å². The molecule has 2 aliphatic rings. The number of pyridine rings is 1. The highest BCUT2D eigenvalue weighted by Crippen LogP contribution is 2.65. The highest BCUT2D eigenvalue weighted by molar-refractivity contribution is 5.93. The van der Waals surface area contributed by atoms with Gasteiger partial charge in [-0.1, -0.05) is 32.0 Å². The van der Waals surface area contributed by atoms with Crippen molar-refractivity contribution in [3.63, 3.8) is 0 Å². The van der Waals surface area contributed by atoms with Crippen LogP contribution < -0.4 is 0 Å². The number of aromatic nitrogens is 1. The summed E-state index contributed by atoms with van der Waals surface area (Å²) < 4.78 is 15.6. The minimum Gasteiger partial charge on any atom is -0.481 e. The van der Waals surface area contributed by atoms with E-state index in [2.05, 4.69) is 18.2 Å². The minimum absolute atomic E-state index is 0.00412. The summed E-state index contributed by atoms with van der Waals surface area (Å²) in [7, 11) is 1.88. The maximum atomic E-state index is 13.9. The van der Waals surface area contributed by atoms with E-state index in [1.165, 1.54) is 12.1 Å². The van der Waals surface area contributed by atoms with Crippen molar-refractivity contribution in [2.45, 2.75) is 57.4 Å². The SMILES string of the molecule is CN(C(=O)C1(c2ccc(F)cc2)CC1(C)C)[C@@H]1CCc2c(CC(=O)O)c3ccccn3c2C1. The van der Waals surface area contributed by atoms with Crippen LogP contribution in [0.4, 0.5) is 4.39 Å². The molecule has 3 aromatic rings. The van der Waals surface area contributed by atoms with Gasteiger partial charge in [-0.15, -0.1) is 0 Å². The number of nitrogens with zero attached hydrogens (tertiary/aromatic N) is 2. The van der Waals surface area contributed by atoms with E-state index in [1.807, 2.05) is 36.3 Å². The number of rotatable bonds is 5. The van der Waals surface area contributed by atoms with E-state index in [-0.39, 0.29) is 29.6 Å². The van der Waals surface area contributed by atoms with Gasteiger partial charge in [0.05, 0.1) is 11.8 Å². The van der Waals surface area contributed by atoms with E-state index < -0.39 is 11.4 Å². The molecule has 1 amide bonds. The molecule has 2 aliphatic carbocycles. The summed E-state index contributed by atoms with van der Waals surface area (Å²) in [6, 6.07) is 12.2. The Morgan fingerprint density at radius 3 is 2.52 bits per heavy atom. The average Bonchev–Trinajstić information content (AvgIpc) is 3.26. The predicted molar refractivity (Wildman–Crippen MR) is 124 cm³/mol. The molecule has 0 radical (unpaired) electrons. The predicted octanol–water partition coefficient (Wildman–Crippen LogP) is 4.39. The topological polar surface area (TPSA) is 62.0 Å². The number of amides is 1. The second kappa shape index (κ2) is 7.44. The van der Waals surface area contributed by atoms with Crippen LogP contribution in [0.3, 0.4) is 0 Å². The largest absolute Gasteiger partial charge is 0.481 e. The summed E-state index contributed by atoms with van der Waals surface area (Å²) in [5.74, 6) is -1.05. The van der Waals surface area contributed by atoms with Crippen LogP contribution in [0.2, 0.25) is 0 Å². The first kappa shape index (κ1) is 21.7. The molecule has 1 N–H and O–H groups in total. The molecule has 0 saturated heterocycles. The summed E-state index contributed by atoms with van der Waals surface area (Å²) in [6.45, 7) is 4.19. The molecule has 1 saturated carbocycles. The van der Waals surface area contributed by atoms with Gasteiger partial charge in [-0.3, -0.25) is 9.59 Å². The molecule has 172 valence electrons. The lowest BCUT2D eigenvalue weighted by molar-refractivity contribution is -0.136. The van der Waals surface area contributed by atoms with Crippen LogP contribution in [0.5, 0.6) is 0 Å². The molecule has 5 rings (SSSR count). The summed E-state index contributed by atoms with van der Waals surface area (Å²) in [5.41, 5.74) is 4.09. The Morgan fingerprint density at radius 1 is 1.18 bits per heavy atom. The van der Waals surface area contributed by atoms with Gasteiger partial charge in [0.2, 0.25) is 5.91 Å². The maximum absolute atomic E-state index is 13.9. The van der Waals surface area contributed by atoms with Crippen molar-refractivity contribution in [1.82, 2.24) is 9.30 Å². The lowest BCUT2D eigenvalue weighted by Crippen LogP contribution is -2.47. The third-order valence-corrected chi connectivity index (χ3v) is 7.96. The van der Waals surface area contributed by atoms with Crippen LogP contribution in [-0.2, 0) is 34.3 Å². The van der Waals surface area contributed by atoms with E-state index in [9.17, 15) is 19.1 Å². The number of carbonyl (C=O) groups excluding carboxylic acids is 1. The number of carboxylic acid groups (broad SMARTS) is 1. The van der Waals surface area contributed by atoms with Gasteiger partial charge < -0.3 is 14.4 Å². The second-order valence-electron chi connectivity index (χ2n) is 10.2. The van der Waals surface area contributed by atoms with Gasteiger partial charge in [-0.25, -0.2) is 4.39 Å². The number of fused-ring (bicyclic) bond motifs is 3. The molecule has 5 nitrogen and oxygen atoms in total. The van der Waals surface area contributed by atoms with Gasteiger partial charge in [-0.2, -0.15) is 0 Å². The van der Waals surface area contributed by atoms with Crippen molar-refractivity contribution in [1.29, 1.82) is 0 Å². The zero-order valence-corrected chi connectivity index (χ0v) is 19.3. The Balaban J connectivity index is 1.47. The fourth-order valence-electron chi connectivity index (χ4n) is 6.03. The molecule has 2 atom stereocenters. The normalized spacial score (nSPS) is 23.2. The molecule has 2 aromatic heterocycles. The zero-order valence-electron chi connectivity index (χ0n) is 19.3. The van der Waals surface area contributed by atoms with E-state index in [1.54, 1.807) is 12.1 Å². The molecule has 0 aliphatic heterocycles. The van der Waals surface area contributed by atoms with E-state index in [0.717, 1.165) is 47.2 Å². The van der Waals surface area contributed by atoms with Crippen LogP contribution in [0.15, 0.2) is 48.7 Å². The lowest BCUT2D eigenvalue weighted by Gasteiger charge is -2.35. The molecule has 0 spiro atoms. The average molecular weight is 449 g/mol. The second-order valence-corrected chi connectivity index (χ2v) is 10.2. The fourth-order valence-corrected chi connectivity index (χ4v) is 6.03. The summed E-state index contributed by atoms with van der Waals surface area (Å²) in [4.78, 5) is 27.3. The third-order valence-electron chi connectivity index (χ3n) is 7.96. The van der Waals surface area contributed by atoms with Gasteiger partial charge in [0.25, 0.3) is 0 Å². The molecule has 1 unspecified atom stereocenters. The summed E-state index contributed by atoms with van der Waals surface area (Å²) in [5, 5.41) is 9.44. The Morgan fingerprint density at radius 2 is 1.88 bits per heavy atom. The number of hydrogen-bond acceptors (Lipinski definition) is 2. The number of aliphatic carboxylic acids is 1. The van der Waals surface area contributed by atoms with Crippen molar-refractivity contribution in [3.8, 4) is 0 Å². The van der Waals surface area contributed by atoms with Crippen LogP contribution in [0.25, 0.3) is 5.52 Å². The van der Waals surface area contributed by atoms with Crippen LogP contribution >= 0.6 is 0 Å². The molecular weight excluding hydrogens is 419 g/mol. The lowest BCUT2D eigenvalue weighted by atomic mass is 9.84. The van der Waals surface area contributed by atoms with Crippen molar-refractivity contribution in [2.24, 2.45) is 5.41 Å². The number of benzene rings is 1. The smallest absolute Gasteiger partial charge is 0.307 e. The Hall–Kier alpha value is -3.15. The van der Waals surface area contributed by atoms with Crippen molar-refractivity contribution in [2.75, 3.05) is 7.05 Å². The van der Waals surface area contributed by atoms with Gasteiger partial charge in [0.1, 0.15) is 5.82 Å². The minimum atomic E-state index is -0.833. The first-order valence-electron chi connectivity index (χ1n) is 11.5. The molecule has 2 heterocycles.